The topological polar surface area (TPSA) is 158 Å². The number of carbonyl (C=O) groups is 1. The summed E-state index contributed by atoms with van der Waals surface area (Å²) < 4.78 is 26.5. The predicted octanol–water partition coefficient (Wildman–Crippen LogP) is 2.20. The zero-order valence-electron chi connectivity index (χ0n) is 16.4. The number of benzene rings is 1. The van der Waals surface area contributed by atoms with E-state index in [1.165, 1.54) is 10.9 Å². The molecule has 10 nitrogen and oxygen atoms in total. The molecule has 2 heterocycles. The first-order valence-electron chi connectivity index (χ1n) is 8.43. The zero-order chi connectivity index (χ0) is 22.5. The van der Waals surface area contributed by atoms with Crippen molar-refractivity contribution in [3.8, 4) is 28.9 Å². The van der Waals surface area contributed by atoms with Gasteiger partial charge in [0.2, 0.25) is 15.9 Å². The highest BCUT2D eigenvalue weighted by molar-refractivity contribution is 7.92. The summed E-state index contributed by atoms with van der Waals surface area (Å²) in [5.41, 5.74) is 3.37. The van der Waals surface area contributed by atoms with Crippen LogP contribution in [0.4, 0.5) is 5.69 Å². The second-order valence-electron chi connectivity index (χ2n) is 6.22. The first-order chi connectivity index (χ1) is 14.1. The molecule has 0 fully saturated rings. The summed E-state index contributed by atoms with van der Waals surface area (Å²) in [6.45, 7) is 3.24. The van der Waals surface area contributed by atoms with E-state index in [0.29, 0.717) is 33.9 Å². The molecule has 1 aromatic carbocycles. The second kappa shape index (κ2) is 9.06. The number of aromatic hydroxyl groups is 1. The first-order valence-corrected chi connectivity index (χ1v) is 10.3. The Labute approximate surface area is 173 Å². The van der Waals surface area contributed by atoms with Crippen LogP contribution in [0.15, 0.2) is 36.5 Å². The minimum Gasteiger partial charge on any atom is -0.493 e. The van der Waals surface area contributed by atoms with Gasteiger partial charge in [0.25, 0.3) is 6.47 Å². The molecule has 30 heavy (non-hydrogen) atoms. The molecule has 0 saturated heterocycles. The average Bonchev–Trinajstić information content (AvgIpc) is 2.97. The number of nitrogens with one attached hydrogen (secondary N) is 1. The maximum absolute atomic E-state index is 11.4. The largest absolute Gasteiger partial charge is 0.493 e. The van der Waals surface area contributed by atoms with Crippen LogP contribution in [0.3, 0.4) is 0 Å². The molecule has 0 radical (unpaired) electrons. The smallest absolute Gasteiger partial charge is 0.290 e. The first kappa shape index (κ1) is 22.4. The third kappa shape index (κ3) is 5.12. The van der Waals surface area contributed by atoms with E-state index in [4.69, 9.17) is 15.2 Å². The van der Waals surface area contributed by atoms with Crippen molar-refractivity contribution in [2.75, 3.05) is 11.0 Å². The number of hydrogen-bond donors (Lipinski definition) is 3. The minimum atomic E-state index is -3.41. The molecule has 0 aliphatic heterocycles. The van der Waals surface area contributed by atoms with Crippen molar-refractivity contribution in [3.63, 3.8) is 0 Å². The SMILES string of the molecule is Cc1cc(-n2nc(C)c(-c3ccc(C#N)cc3)c2O)ncc1NS(C)(=O)=O.O=CO. The van der Waals surface area contributed by atoms with Gasteiger partial charge in [-0.25, -0.2) is 13.4 Å². The minimum absolute atomic E-state index is 0.0899. The van der Waals surface area contributed by atoms with Crippen LogP contribution < -0.4 is 4.72 Å². The van der Waals surface area contributed by atoms with Crippen LogP contribution in [-0.4, -0.2) is 46.1 Å². The summed E-state index contributed by atoms with van der Waals surface area (Å²) in [4.78, 5) is 12.6. The number of nitrogens with zero attached hydrogens (tertiary/aromatic N) is 4. The standard InChI is InChI=1S/C18H17N5O3S.CH2O2/c1-11-8-16(20-10-15(11)22-27(3,25)26)23-18(24)17(12(2)21-23)14-6-4-13(9-19)5-7-14;2-1-3/h4-8,10,22,24H,1-3H3;1H,(H,2,3). The van der Waals surface area contributed by atoms with Gasteiger partial charge in [-0.3, -0.25) is 9.52 Å². The zero-order valence-corrected chi connectivity index (χ0v) is 17.2. The molecular formula is C19H19N5O5S. The summed E-state index contributed by atoms with van der Waals surface area (Å²) in [6, 6.07) is 10.5. The van der Waals surface area contributed by atoms with Gasteiger partial charge >= 0.3 is 0 Å². The summed E-state index contributed by atoms with van der Waals surface area (Å²) in [7, 11) is -3.41. The highest BCUT2D eigenvalue weighted by atomic mass is 32.2. The van der Waals surface area contributed by atoms with Gasteiger partial charge in [0.1, 0.15) is 0 Å². The molecule has 0 aliphatic rings. The fraction of sp³-hybridized carbons (Fsp3) is 0.158. The number of aromatic nitrogens is 3. The lowest BCUT2D eigenvalue weighted by molar-refractivity contribution is -0.122. The van der Waals surface area contributed by atoms with Crippen LogP contribution in [-0.2, 0) is 14.8 Å². The van der Waals surface area contributed by atoms with Crippen LogP contribution >= 0.6 is 0 Å². The lowest BCUT2D eigenvalue weighted by atomic mass is 10.0. The summed E-state index contributed by atoms with van der Waals surface area (Å²) in [5, 5.41) is 30.8. The predicted molar refractivity (Wildman–Crippen MR) is 110 cm³/mol. The van der Waals surface area contributed by atoms with Gasteiger partial charge in [-0.15, -0.1) is 0 Å². The van der Waals surface area contributed by atoms with E-state index in [9.17, 15) is 13.5 Å². The molecule has 0 unspecified atom stereocenters. The number of hydrogen-bond acceptors (Lipinski definition) is 7. The molecule has 0 saturated carbocycles. The molecule has 156 valence electrons. The quantitative estimate of drug-likeness (QED) is 0.532. The Morgan fingerprint density at radius 2 is 1.83 bits per heavy atom. The maximum atomic E-state index is 11.4. The lowest BCUT2D eigenvalue weighted by Crippen LogP contribution is -2.11. The second-order valence-corrected chi connectivity index (χ2v) is 7.97. The Hall–Kier alpha value is -3.91. The van der Waals surface area contributed by atoms with E-state index in [1.54, 1.807) is 44.2 Å². The third-order valence-corrected chi connectivity index (χ3v) is 4.54. The van der Waals surface area contributed by atoms with E-state index in [0.717, 1.165) is 11.8 Å². The van der Waals surface area contributed by atoms with Gasteiger partial charge in [-0.1, -0.05) is 12.1 Å². The van der Waals surface area contributed by atoms with Crippen molar-refractivity contribution in [2.24, 2.45) is 0 Å². The van der Waals surface area contributed by atoms with Gasteiger partial charge < -0.3 is 10.2 Å². The van der Waals surface area contributed by atoms with Crippen LogP contribution in [0.5, 0.6) is 5.88 Å². The third-order valence-electron chi connectivity index (χ3n) is 3.95. The number of anilines is 1. The highest BCUT2D eigenvalue weighted by Gasteiger charge is 2.19. The fourth-order valence-corrected chi connectivity index (χ4v) is 3.30. The Kier molecular flexibility index (Phi) is 6.76. The molecule has 0 atom stereocenters. The van der Waals surface area contributed by atoms with E-state index >= 15 is 0 Å². The monoisotopic (exact) mass is 429 g/mol. The molecule has 0 amide bonds. The van der Waals surface area contributed by atoms with E-state index in [-0.39, 0.29) is 12.4 Å². The number of rotatable bonds is 4. The maximum Gasteiger partial charge on any atom is 0.290 e. The molecule has 0 aliphatic carbocycles. The van der Waals surface area contributed by atoms with E-state index < -0.39 is 10.0 Å². The highest BCUT2D eigenvalue weighted by Crippen LogP contribution is 2.34. The molecular weight excluding hydrogens is 410 g/mol. The van der Waals surface area contributed by atoms with Crippen molar-refractivity contribution < 1.29 is 23.4 Å². The number of pyridine rings is 1. The summed E-state index contributed by atoms with van der Waals surface area (Å²) in [5.74, 6) is 0.264. The number of nitriles is 1. The van der Waals surface area contributed by atoms with Gasteiger partial charge in [-0.2, -0.15) is 15.0 Å². The molecule has 11 heteroatoms. The Bertz CT molecular complexity index is 1210. The van der Waals surface area contributed by atoms with Gasteiger partial charge in [0.15, 0.2) is 5.82 Å². The van der Waals surface area contributed by atoms with Crippen LogP contribution in [0.1, 0.15) is 16.8 Å². The molecule has 2 aromatic heterocycles. The molecule has 3 aromatic rings. The van der Waals surface area contributed by atoms with Crippen LogP contribution in [0.2, 0.25) is 0 Å². The molecule has 3 N–H and O–H groups in total. The van der Waals surface area contributed by atoms with Gasteiger partial charge in [0.05, 0.1) is 41.0 Å². The average molecular weight is 429 g/mol. The Morgan fingerprint density at radius 1 is 1.23 bits per heavy atom. The van der Waals surface area contributed by atoms with Crippen molar-refractivity contribution >= 4 is 22.2 Å². The number of sulfonamides is 1. The van der Waals surface area contributed by atoms with Gasteiger partial charge in [-0.05, 0) is 43.2 Å². The summed E-state index contributed by atoms with van der Waals surface area (Å²) in [6.07, 6.45) is 2.44. The Balaban J connectivity index is 0.00000101. The molecule has 0 spiro atoms. The van der Waals surface area contributed by atoms with Crippen molar-refractivity contribution in [1.82, 2.24) is 14.8 Å². The Morgan fingerprint density at radius 3 is 2.33 bits per heavy atom. The van der Waals surface area contributed by atoms with Crippen LogP contribution in [0.25, 0.3) is 16.9 Å². The van der Waals surface area contributed by atoms with E-state index in [1.807, 2.05) is 0 Å². The molecule has 0 bridgehead atoms. The van der Waals surface area contributed by atoms with Gasteiger partial charge in [0, 0.05) is 0 Å². The number of carboxylic acid groups (broad SMARTS) is 1. The molecule has 3 rings (SSSR count). The lowest BCUT2D eigenvalue weighted by Gasteiger charge is -2.09. The van der Waals surface area contributed by atoms with E-state index in [2.05, 4.69) is 20.9 Å². The normalized spacial score (nSPS) is 10.5. The van der Waals surface area contributed by atoms with Crippen molar-refractivity contribution in [2.45, 2.75) is 13.8 Å². The fourth-order valence-electron chi connectivity index (χ4n) is 2.69. The van der Waals surface area contributed by atoms with Crippen molar-refractivity contribution in [1.29, 1.82) is 5.26 Å². The number of aryl methyl sites for hydroxylation is 2. The summed E-state index contributed by atoms with van der Waals surface area (Å²) >= 11 is 0. The van der Waals surface area contributed by atoms with Crippen molar-refractivity contribution in [3.05, 3.63) is 53.3 Å². The van der Waals surface area contributed by atoms with Crippen LogP contribution in [0, 0.1) is 25.2 Å².